The fourth-order valence-corrected chi connectivity index (χ4v) is 5.75. The Balaban J connectivity index is 0.00000140. The second kappa shape index (κ2) is 11.1. The molecule has 0 aliphatic rings. The van der Waals surface area contributed by atoms with E-state index >= 15 is 0 Å². The van der Waals surface area contributed by atoms with E-state index in [9.17, 15) is 0 Å². The van der Waals surface area contributed by atoms with E-state index < -0.39 is 7.92 Å². The third kappa shape index (κ3) is 5.30. The quantitative estimate of drug-likeness (QED) is 0.372. The first-order valence-electron chi connectivity index (χ1n) is 8.94. The molecule has 0 saturated carbocycles. The Morgan fingerprint density at radius 2 is 0.929 bits per heavy atom. The zero-order valence-electron chi connectivity index (χ0n) is 15.7. The van der Waals surface area contributed by atoms with Crippen LogP contribution in [0.15, 0.2) is 115 Å². The summed E-state index contributed by atoms with van der Waals surface area (Å²) in [7, 11) is -0.563. The predicted molar refractivity (Wildman–Crippen MR) is 133 cm³/mol. The van der Waals surface area contributed by atoms with Gasteiger partial charge in [-0.25, -0.2) is 0 Å². The molecule has 0 aliphatic carbocycles. The van der Waals surface area contributed by atoms with Crippen LogP contribution in [0.1, 0.15) is 11.1 Å². The van der Waals surface area contributed by atoms with Gasteiger partial charge in [-0.2, -0.15) is 9.90 Å². The first kappa shape index (κ1) is 22.3. The molecule has 4 aromatic rings. The van der Waals surface area contributed by atoms with Gasteiger partial charge in [-0.05, 0) is 41.4 Å². The molecular weight excluding hydrogens is 398 g/mol. The minimum atomic E-state index is -0.563. The van der Waals surface area contributed by atoms with E-state index in [1.165, 1.54) is 27.0 Å². The lowest BCUT2D eigenvalue weighted by Gasteiger charge is -2.22. The van der Waals surface area contributed by atoms with Gasteiger partial charge in [-0.15, -0.1) is 12.4 Å². The molecule has 0 aromatic heterocycles. The summed E-state index contributed by atoms with van der Waals surface area (Å²) in [5, 5.41) is 4.24. The Morgan fingerprint density at radius 1 is 0.500 bits per heavy atom. The van der Waals surface area contributed by atoms with Crippen LogP contribution in [0.25, 0.3) is 0 Å². The molecule has 0 N–H and O–H groups in total. The van der Waals surface area contributed by atoms with Gasteiger partial charge >= 0.3 is 0 Å². The van der Waals surface area contributed by atoms with Crippen LogP contribution in [-0.4, -0.2) is 0 Å². The van der Waals surface area contributed by atoms with Crippen LogP contribution in [-0.2, 0) is 6.42 Å². The molecular formula is C25H25ClP2. The summed E-state index contributed by atoms with van der Waals surface area (Å²) in [5.41, 5.74) is 2.77. The highest BCUT2D eigenvalue weighted by molar-refractivity contribution is 7.79. The molecule has 1 atom stereocenters. The zero-order valence-corrected chi connectivity index (χ0v) is 18.9. The van der Waals surface area contributed by atoms with E-state index in [2.05, 4.69) is 115 Å². The fourth-order valence-electron chi connectivity index (χ4n) is 3.28. The van der Waals surface area contributed by atoms with Gasteiger partial charge in [0.2, 0.25) is 0 Å². The van der Waals surface area contributed by atoms with Crippen molar-refractivity contribution >= 4 is 46.1 Å². The predicted octanol–water partition coefficient (Wildman–Crippen LogP) is 5.52. The third-order valence-corrected chi connectivity index (χ3v) is 7.05. The monoisotopic (exact) mass is 422 g/mol. The van der Waals surface area contributed by atoms with Crippen molar-refractivity contribution in [3.05, 3.63) is 126 Å². The summed E-state index contributed by atoms with van der Waals surface area (Å²) < 4.78 is 0. The molecule has 0 radical (unpaired) electrons. The zero-order chi connectivity index (χ0) is 17.6. The van der Waals surface area contributed by atoms with Crippen LogP contribution < -0.4 is 15.9 Å². The molecule has 0 bridgehead atoms. The van der Waals surface area contributed by atoms with Gasteiger partial charge in [0.05, 0.1) is 0 Å². The Hall–Kier alpha value is -1.97. The highest BCUT2D eigenvalue weighted by atomic mass is 35.5. The van der Waals surface area contributed by atoms with E-state index in [4.69, 9.17) is 0 Å². The maximum Gasteiger partial charge on any atom is -0.00192 e. The Labute approximate surface area is 178 Å². The van der Waals surface area contributed by atoms with Gasteiger partial charge < -0.3 is 0 Å². The Bertz CT molecular complexity index is 918. The molecule has 0 spiro atoms. The molecule has 0 aliphatic heterocycles. The summed E-state index contributed by atoms with van der Waals surface area (Å²) >= 11 is 0. The van der Waals surface area contributed by atoms with E-state index in [-0.39, 0.29) is 22.3 Å². The standard InChI is InChI=1S/C25H21P.ClH.H3P/c1-4-12-21(13-5-1)20-22-14-10-11-19-25(22)26(23-15-6-2-7-16-23)24-17-8-3-9-18-24;;/h1-19H,20H2;1H;1H3. The van der Waals surface area contributed by atoms with Crippen molar-refractivity contribution in [2.75, 3.05) is 0 Å². The summed E-state index contributed by atoms with van der Waals surface area (Å²) in [5.74, 6) is 0. The molecule has 142 valence electrons. The van der Waals surface area contributed by atoms with Crippen molar-refractivity contribution < 1.29 is 0 Å². The lowest BCUT2D eigenvalue weighted by atomic mass is 10.1. The molecule has 1 unspecified atom stereocenters. The van der Waals surface area contributed by atoms with Crippen LogP contribution in [0, 0.1) is 0 Å². The van der Waals surface area contributed by atoms with Crippen LogP contribution in [0.4, 0.5) is 0 Å². The van der Waals surface area contributed by atoms with Crippen molar-refractivity contribution in [2.24, 2.45) is 0 Å². The van der Waals surface area contributed by atoms with Gasteiger partial charge in [0, 0.05) is 0 Å². The molecule has 4 aromatic carbocycles. The summed E-state index contributed by atoms with van der Waals surface area (Å²) in [6.45, 7) is 0. The first-order chi connectivity index (χ1) is 12.9. The van der Waals surface area contributed by atoms with Gasteiger partial charge in [0.1, 0.15) is 0 Å². The average molecular weight is 423 g/mol. The minimum Gasteiger partial charge on any atom is -0.153 e. The molecule has 0 saturated heterocycles. The molecule has 4 rings (SSSR count). The number of benzene rings is 4. The number of hydrogen-bond acceptors (Lipinski definition) is 0. The van der Waals surface area contributed by atoms with Crippen molar-refractivity contribution in [1.29, 1.82) is 0 Å². The van der Waals surface area contributed by atoms with Crippen molar-refractivity contribution in [1.82, 2.24) is 0 Å². The smallest absolute Gasteiger partial charge is 0.00192 e. The largest absolute Gasteiger partial charge is 0.153 e. The van der Waals surface area contributed by atoms with E-state index in [0.717, 1.165) is 6.42 Å². The van der Waals surface area contributed by atoms with Crippen molar-refractivity contribution in [3.63, 3.8) is 0 Å². The molecule has 28 heavy (non-hydrogen) atoms. The first-order valence-corrected chi connectivity index (χ1v) is 10.3. The highest BCUT2D eigenvalue weighted by Crippen LogP contribution is 2.34. The molecule has 0 amide bonds. The third-order valence-electron chi connectivity index (χ3n) is 4.50. The summed E-state index contributed by atoms with van der Waals surface area (Å²) in [6.07, 6.45) is 0.968. The lowest BCUT2D eigenvalue weighted by molar-refractivity contribution is 1.21. The Morgan fingerprint density at radius 3 is 1.46 bits per heavy atom. The normalized spacial score (nSPS) is 10.0. The Kier molecular flexibility index (Phi) is 8.88. The molecule has 0 heterocycles. The fraction of sp³-hybridized carbons (Fsp3) is 0.0400. The van der Waals surface area contributed by atoms with Crippen molar-refractivity contribution in [3.8, 4) is 0 Å². The molecule has 3 heteroatoms. The van der Waals surface area contributed by atoms with Crippen molar-refractivity contribution in [2.45, 2.75) is 6.42 Å². The van der Waals surface area contributed by atoms with Gasteiger partial charge in [-0.3, -0.25) is 0 Å². The topological polar surface area (TPSA) is 0 Å². The van der Waals surface area contributed by atoms with Crippen LogP contribution >= 0.6 is 30.2 Å². The van der Waals surface area contributed by atoms with Crippen LogP contribution in [0.2, 0.25) is 0 Å². The van der Waals surface area contributed by atoms with Crippen LogP contribution in [0.5, 0.6) is 0 Å². The minimum absolute atomic E-state index is 0. The molecule has 0 fully saturated rings. The van der Waals surface area contributed by atoms with E-state index in [0.29, 0.717) is 0 Å². The highest BCUT2D eigenvalue weighted by Gasteiger charge is 2.19. The van der Waals surface area contributed by atoms with Gasteiger partial charge in [-0.1, -0.05) is 115 Å². The van der Waals surface area contributed by atoms with Crippen LogP contribution in [0.3, 0.4) is 0 Å². The number of halogens is 1. The average Bonchev–Trinajstić information content (AvgIpc) is 2.72. The lowest BCUT2D eigenvalue weighted by Crippen LogP contribution is -2.23. The SMILES string of the molecule is Cl.P.c1ccc(Cc2ccccc2P(c2ccccc2)c2ccccc2)cc1. The summed E-state index contributed by atoms with van der Waals surface area (Å²) in [6, 6.07) is 41.5. The van der Waals surface area contributed by atoms with Gasteiger partial charge in [0.25, 0.3) is 0 Å². The second-order valence-corrected chi connectivity index (χ2v) is 8.48. The maximum absolute atomic E-state index is 2.31. The van der Waals surface area contributed by atoms with E-state index in [1.807, 2.05) is 0 Å². The van der Waals surface area contributed by atoms with Gasteiger partial charge in [0.15, 0.2) is 0 Å². The second-order valence-electron chi connectivity index (χ2n) is 6.30. The summed E-state index contributed by atoms with van der Waals surface area (Å²) in [4.78, 5) is 0. The maximum atomic E-state index is 2.31. The number of hydrogen-bond donors (Lipinski definition) is 0. The molecule has 0 nitrogen and oxygen atoms in total. The van der Waals surface area contributed by atoms with E-state index in [1.54, 1.807) is 0 Å². The number of rotatable bonds is 5.